The second kappa shape index (κ2) is 8.21. The van der Waals surface area contributed by atoms with Crippen LogP contribution in [0.1, 0.15) is 58.7 Å². The number of rotatable bonds is 4. The molecule has 3 aliphatic rings. The topological polar surface area (TPSA) is 126 Å². The fourth-order valence-corrected chi connectivity index (χ4v) is 5.82. The molecule has 0 unspecified atom stereocenters. The van der Waals surface area contributed by atoms with Gasteiger partial charge in [-0.2, -0.15) is 0 Å². The fraction of sp³-hybridized carbons (Fsp3) is 0.385. The summed E-state index contributed by atoms with van der Waals surface area (Å²) in [5.41, 5.74) is 11.0. The van der Waals surface area contributed by atoms with Gasteiger partial charge in [0.25, 0.3) is 5.56 Å². The van der Waals surface area contributed by atoms with Crippen LogP contribution in [0.4, 0.5) is 4.39 Å². The average molecular weight is 493 g/mol. The normalized spacial score (nSPS) is 19.5. The number of ether oxygens (including phenoxy) is 2. The third-order valence-corrected chi connectivity index (χ3v) is 7.63. The first kappa shape index (κ1) is 22.8. The molecule has 3 N–H and O–H groups in total. The van der Waals surface area contributed by atoms with Gasteiger partial charge in [0.05, 0.1) is 47.7 Å². The van der Waals surface area contributed by atoms with E-state index in [1.54, 1.807) is 18.4 Å². The molecule has 1 aliphatic carbocycles. The second-order valence-electron chi connectivity index (χ2n) is 9.57. The summed E-state index contributed by atoms with van der Waals surface area (Å²) in [5.74, 6) is -1.60. The molecular weight excluding hydrogens is 467 g/mol. The Morgan fingerprint density at radius 1 is 1.31 bits per heavy atom. The number of amides is 1. The van der Waals surface area contributed by atoms with Crippen LogP contribution in [0.25, 0.3) is 22.3 Å². The minimum atomic E-state index is -0.573. The summed E-state index contributed by atoms with van der Waals surface area (Å²) in [6.07, 6.45) is 1.15. The molecule has 0 fully saturated rings. The quantitative estimate of drug-likeness (QED) is 0.330. The molecule has 2 atom stereocenters. The van der Waals surface area contributed by atoms with E-state index in [-0.39, 0.29) is 55.8 Å². The molecule has 10 heteroatoms. The monoisotopic (exact) mass is 492 g/mol. The van der Waals surface area contributed by atoms with Crippen LogP contribution in [0.2, 0.25) is 0 Å². The molecule has 9 nitrogen and oxygen atoms in total. The van der Waals surface area contributed by atoms with Gasteiger partial charge in [-0.25, -0.2) is 9.37 Å². The summed E-state index contributed by atoms with van der Waals surface area (Å²) in [5, 5.41) is 3.86. The van der Waals surface area contributed by atoms with Gasteiger partial charge in [0.15, 0.2) is 0 Å². The Balaban J connectivity index is 1.59. The second-order valence-corrected chi connectivity index (χ2v) is 9.57. The van der Waals surface area contributed by atoms with Crippen LogP contribution in [-0.4, -0.2) is 34.8 Å². The molecular formula is C26H25FN4O5. The van der Waals surface area contributed by atoms with Crippen molar-refractivity contribution in [3.8, 4) is 11.4 Å². The zero-order valence-electron chi connectivity index (χ0n) is 19.9. The number of nitrogens with two attached hydrogens (primary N) is 1. The van der Waals surface area contributed by atoms with Crippen LogP contribution in [0.3, 0.4) is 0 Å². The standard InChI is InChI=1S/C26H25FN4O5/c1-11-13-3-4-18(29-21(32)9-35-10-28)23-15-7-31-20(24(15)30-19(22(13)23)6-17(11)27)5-14-12(2)26(34)36-8-16(14)25(31)33/h5-6,12,18H,3-4,7-10,28H2,1-2H3,(H,29,32)/t12-,18-/m0/s1. The minimum Gasteiger partial charge on any atom is -0.460 e. The number of hydrogen-bond donors (Lipinski definition) is 2. The van der Waals surface area contributed by atoms with Crippen molar-refractivity contribution in [3.05, 3.63) is 61.7 Å². The maximum atomic E-state index is 14.9. The number of fused-ring (bicyclic) bond motifs is 5. The third-order valence-electron chi connectivity index (χ3n) is 7.63. The van der Waals surface area contributed by atoms with Gasteiger partial charge < -0.3 is 25.1 Å². The lowest BCUT2D eigenvalue weighted by atomic mass is 9.81. The SMILES string of the molecule is Cc1c(F)cc2nc3c(c4c2c1CC[C@@H]4NC(=O)COCN)Cn1c-3cc2c(c1=O)COC(=O)[C@H]2C. The largest absolute Gasteiger partial charge is 0.460 e. The first-order chi connectivity index (χ1) is 17.3. The van der Waals surface area contributed by atoms with Crippen molar-refractivity contribution in [1.29, 1.82) is 0 Å². The van der Waals surface area contributed by atoms with Crippen molar-refractivity contribution in [2.75, 3.05) is 13.3 Å². The number of esters is 1. The third kappa shape index (κ3) is 3.21. The summed E-state index contributed by atoms with van der Waals surface area (Å²) in [6, 6.07) is 2.88. The van der Waals surface area contributed by atoms with Crippen LogP contribution in [-0.2, 0) is 38.6 Å². The molecule has 2 aliphatic heterocycles. The smallest absolute Gasteiger partial charge is 0.313 e. The van der Waals surface area contributed by atoms with Crippen molar-refractivity contribution >= 4 is 22.8 Å². The van der Waals surface area contributed by atoms with E-state index in [1.807, 2.05) is 6.07 Å². The highest BCUT2D eigenvalue weighted by Crippen LogP contribution is 2.45. The highest BCUT2D eigenvalue weighted by molar-refractivity contribution is 5.93. The minimum absolute atomic E-state index is 0.0649. The molecule has 0 saturated heterocycles. The summed E-state index contributed by atoms with van der Waals surface area (Å²) < 4.78 is 26.8. The Morgan fingerprint density at radius 3 is 2.89 bits per heavy atom. The molecule has 0 bridgehead atoms. The Labute approximate surface area is 205 Å². The molecule has 0 saturated carbocycles. The van der Waals surface area contributed by atoms with Gasteiger partial charge in [-0.3, -0.25) is 14.4 Å². The highest BCUT2D eigenvalue weighted by Gasteiger charge is 2.37. The van der Waals surface area contributed by atoms with E-state index in [0.717, 1.165) is 22.1 Å². The lowest BCUT2D eigenvalue weighted by molar-refractivity contribution is -0.147. The predicted octanol–water partition coefficient (Wildman–Crippen LogP) is 2.07. The average Bonchev–Trinajstić information content (AvgIpc) is 3.23. The Bertz CT molecular complexity index is 1550. The van der Waals surface area contributed by atoms with Gasteiger partial charge >= 0.3 is 5.97 Å². The molecule has 1 amide bonds. The van der Waals surface area contributed by atoms with Gasteiger partial charge in [-0.15, -0.1) is 0 Å². The first-order valence-electron chi connectivity index (χ1n) is 11.9. The number of aryl methyl sites for hydroxylation is 1. The van der Waals surface area contributed by atoms with E-state index in [0.29, 0.717) is 46.4 Å². The molecule has 6 rings (SSSR count). The summed E-state index contributed by atoms with van der Waals surface area (Å²) in [4.78, 5) is 43.0. The molecule has 186 valence electrons. The number of halogens is 1. The van der Waals surface area contributed by atoms with E-state index in [2.05, 4.69) is 5.32 Å². The van der Waals surface area contributed by atoms with E-state index in [1.165, 1.54) is 6.07 Å². The van der Waals surface area contributed by atoms with Crippen molar-refractivity contribution in [3.63, 3.8) is 0 Å². The van der Waals surface area contributed by atoms with Crippen LogP contribution < -0.4 is 16.6 Å². The van der Waals surface area contributed by atoms with Gasteiger partial charge in [-0.1, -0.05) is 0 Å². The first-order valence-corrected chi connectivity index (χ1v) is 11.9. The number of cyclic esters (lactones) is 1. The van der Waals surface area contributed by atoms with Gasteiger partial charge in [0.2, 0.25) is 5.91 Å². The molecule has 0 radical (unpaired) electrons. The zero-order chi connectivity index (χ0) is 25.3. The Kier molecular flexibility index (Phi) is 5.20. The maximum Gasteiger partial charge on any atom is 0.313 e. The number of nitrogens with zero attached hydrogens (tertiary/aromatic N) is 2. The summed E-state index contributed by atoms with van der Waals surface area (Å²) in [6.45, 7) is 3.42. The summed E-state index contributed by atoms with van der Waals surface area (Å²) in [7, 11) is 0. The van der Waals surface area contributed by atoms with Crippen molar-refractivity contribution < 1.29 is 23.5 Å². The van der Waals surface area contributed by atoms with E-state index < -0.39 is 5.92 Å². The Hall–Kier alpha value is -3.63. The molecule has 0 spiro atoms. The lowest BCUT2D eigenvalue weighted by Gasteiger charge is -2.29. The van der Waals surface area contributed by atoms with Crippen molar-refractivity contribution in [2.45, 2.75) is 51.8 Å². The van der Waals surface area contributed by atoms with Crippen molar-refractivity contribution in [2.24, 2.45) is 5.73 Å². The van der Waals surface area contributed by atoms with Crippen LogP contribution in [0, 0.1) is 12.7 Å². The van der Waals surface area contributed by atoms with E-state index in [4.69, 9.17) is 20.2 Å². The number of carbonyl (C=O) groups excluding carboxylic acids is 2. The molecule has 3 aromatic rings. The van der Waals surface area contributed by atoms with Crippen LogP contribution >= 0.6 is 0 Å². The van der Waals surface area contributed by atoms with Crippen molar-refractivity contribution in [1.82, 2.24) is 14.9 Å². The fourth-order valence-electron chi connectivity index (χ4n) is 5.82. The predicted molar refractivity (Wildman–Crippen MR) is 128 cm³/mol. The van der Waals surface area contributed by atoms with Crippen LogP contribution in [0.5, 0.6) is 0 Å². The number of benzene rings is 1. The van der Waals surface area contributed by atoms with E-state index >= 15 is 0 Å². The molecule has 4 heterocycles. The van der Waals surface area contributed by atoms with Crippen LogP contribution in [0.15, 0.2) is 16.9 Å². The number of carbonyl (C=O) groups is 2. The molecule has 2 aromatic heterocycles. The number of pyridine rings is 2. The highest BCUT2D eigenvalue weighted by atomic mass is 19.1. The lowest BCUT2D eigenvalue weighted by Crippen LogP contribution is -2.35. The van der Waals surface area contributed by atoms with E-state index in [9.17, 15) is 18.8 Å². The molecule has 1 aromatic carbocycles. The van der Waals surface area contributed by atoms with Gasteiger partial charge in [-0.05, 0) is 55.0 Å². The number of aromatic nitrogens is 2. The summed E-state index contributed by atoms with van der Waals surface area (Å²) >= 11 is 0. The van der Waals surface area contributed by atoms with Gasteiger partial charge in [0.1, 0.15) is 19.0 Å². The number of nitrogens with one attached hydrogen (secondary N) is 1. The number of hydrogen-bond acceptors (Lipinski definition) is 7. The maximum absolute atomic E-state index is 14.9. The molecule has 36 heavy (non-hydrogen) atoms. The van der Waals surface area contributed by atoms with Gasteiger partial charge in [0, 0.05) is 17.0 Å². The zero-order valence-corrected chi connectivity index (χ0v) is 19.9. The Morgan fingerprint density at radius 2 is 2.11 bits per heavy atom.